The number of nitriles is 1. The molecule has 0 aliphatic rings. The highest BCUT2D eigenvalue weighted by Gasteiger charge is 2.20. The number of carbonyl (C=O) groups excluding carboxylic acids is 1. The Bertz CT molecular complexity index is 701. The van der Waals surface area contributed by atoms with E-state index in [1.807, 2.05) is 50.2 Å². The fourth-order valence-electron chi connectivity index (χ4n) is 2.36. The predicted octanol–water partition coefficient (Wildman–Crippen LogP) is 3.19. The summed E-state index contributed by atoms with van der Waals surface area (Å²) in [6, 6.07) is 13.6. The first kappa shape index (κ1) is 14.9. The van der Waals surface area contributed by atoms with E-state index in [2.05, 4.69) is 6.07 Å². The van der Waals surface area contributed by atoms with Gasteiger partial charge in [-0.05, 0) is 36.8 Å². The van der Waals surface area contributed by atoms with Crippen LogP contribution in [-0.4, -0.2) is 23.4 Å². The van der Waals surface area contributed by atoms with Gasteiger partial charge in [-0.2, -0.15) is 5.26 Å². The zero-order valence-electron chi connectivity index (χ0n) is 12.3. The maximum atomic E-state index is 12.7. The van der Waals surface area contributed by atoms with E-state index in [0.29, 0.717) is 24.2 Å². The number of anilines is 1. The Morgan fingerprint density at radius 3 is 2.48 bits per heavy atom. The SMILES string of the molecule is CC(C)N(CCC#N)C(=O)c1cc2ccccc2cc1N. The zero-order valence-corrected chi connectivity index (χ0v) is 12.3. The van der Waals surface area contributed by atoms with Crippen LogP contribution in [0.3, 0.4) is 0 Å². The van der Waals surface area contributed by atoms with Crippen molar-refractivity contribution in [3.05, 3.63) is 42.0 Å². The standard InChI is InChI=1S/C17H19N3O/c1-12(2)20(9-5-8-18)17(21)15-10-13-6-3-4-7-14(13)11-16(15)19/h3-4,6-7,10-12H,5,9,19H2,1-2H3. The highest BCUT2D eigenvalue weighted by atomic mass is 16.2. The molecule has 0 aliphatic carbocycles. The summed E-state index contributed by atoms with van der Waals surface area (Å²) in [5, 5.41) is 10.7. The smallest absolute Gasteiger partial charge is 0.256 e. The van der Waals surface area contributed by atoms with Crippen LogP contribution in [0, 0.1) is 11.3 Å². The Balaban J connectivity index is 2.41. The van der Waals surface area contributed by atoms with E-state index >= 15 is 0 Å². The number of rotatable bonds is 4. The zero-order chi connectivity index (χ0) is 15.4. The van der Waals surface area contributed by atoms with Crippen molar-refractivity contribution in [2.75, 3.05) is 12.3 Å². The third-order valence-corrected chi connectivity index (χ3v) is 3.50. The maximum absolute atomic E-state index is 12.7. The van der Waals surface area contributed by atoms with Crippen molar-refractivity contribution >= 4 is 22.4 Å². The minimum atomic E-state index is -0.122. The van der Waals surface area contributed by atoms with Crippen molar-refractivity contribution in [1.82, 2.24) is 4.90 Å². The molecule has 0 radical (unpaired) electrons. The molecule has 0 aromatic heterocycles. The summed E-state index contributed by atoms with van der Waals surface area (Å²) in [4.78, 5) is 14.4. The average molecular weight is 281 g/mol. The highest BCUT2D eigenvalue weighted by molar-refractivity contribution is 6.04. The molecule has 0 heterocycles. The van der Waals surface area contributed by atoms with Gasteiger partial charge in [0.25, 0.3) is 5.91 Å². The third kappa shape index (κ3) is 3.14. The summed E-state index contributed by atoms with van der Waals surface area (Å²) in [6.07, 6.45) is 0.317. The van der Waals surface area contributed by atoms with Gasteiger partial charge in [-0.1, -0.05) is 24.3 Å². The fraction of sp³-hybridized carbons (Fsp3) is 0.294. The average Bonchev–Trinajstić information content (AvgIpc) is 2.46. The molecule has 0 spiro atoms. The van der Waals surface area contributed by atoms with Crippen molar-refractivity contribution < 1.29 is 4.79 Å². The summed E-state index contributed by atoms with van der Waals surface area (Å²) < 4.78 is 0. The number of fused-ring (bicyclic) bond motifs is 1. The quantitative estimate of drug-likeness (QED) is 0.875. The second-order valence-electron chi connectivity index (χ2n) is 5.29. The highest BCUT2D eigenvalue weighted by Crippen LogP contribution is 2.23. The number of hydrogen-bond donors (Lipinski definition) is 1. The Labute approximate surface area is 124 Å². The van der Waals surface area contributed by atoms with Gasteiger partial charge in [0.05, 0.1) is 18.1 Å². The molecular formula is C17H19N3O. The van der Waals surface area contributed by atoms with E-state index in [0.717, 1.165) is 10.8 Å². The van der Waals surface area contributed by atoms with E-state index < -0.39 is 0 Å². The number of carbonyl (C=O) groups is 1. The Morgan fingerprint density at radius 2 is 1.90 bits per heavy atom. The van der Waals surface area contributed by atoms with E-state index in [1.54, 1.807) is 4.90 Å². The van der Waals surface area contributed by atoms with Crippen LogP contribution in [0.15, 0.2) is 36.4 Å². The first-order valence-electron chi connectivity index (χ1n) is 7.00. The molecule has 1 amide bonds. The summed E-state index contributed by atoms with van der Waals surface area (Å²) in [5.41, 5.74) is 7.02. The minimum absolute atomic E-state index is 0.0247. The van der Waals surface area contributed by atoms with Gasteiger partial charge in [-0.15, -0.1) is 0 Å². The molecule has 2 rings (SSSR count). The van der Waals surface area contributed by atoms with Gasteiger partial charge in [-0.3, -0.25) is 4.79 Å². The van der Waals surface area contributed by atoms with E-state index in [1.165, 1.54) is 0 Å². The van der Waals surface area contributed by atoms with Crippen LogP contribution in [0.5, 0.6) is 0 Å². The number of nitrogens with zero attached hydrogens (tertiary/aromatic N) is 2. The lowest BCUT2D eigenvalue weighted by Crippen LogP contribution is -2.38. The van der Waals surface area contributed by atoms with Gasteiger partial charge in [0.15, 0.2) is 0 Å². The normalized spacial score (nSPS) is 10.6. The maximum Gasteiger partial charge on any atom is 0.256 e. The third-order valence-electron chi connectivity index (χ3n) is 3.50. The molecule has 2 N–H and O–H groups in total. The molecule has 0 atom stereocenters. The van der Waals surface area contributed by atoms with Crippen LogP contribution < -0.4 is 5.73 Å². The lowest BCUT2D eigenvalue weighted by atomic mass is 10.0. The molecule has 4 nitrogen and oxygen atoms in total. The molecule has 0 unspecified atom stereocenters. The van der Waals surface area contributed by atoms with Gasteiger partial charge in [0.2, 0.25) is 0 Å². The van der Waals surface area contributed by atoms with E-state index in [9.17, 15) is 4.79 Å². The Kier molecular flexibility index (Phi) is 4.44. The molecule has 108 valence electrons. The Morgan fingerprint density at radius 1 is 1.29 bits per heavy atom. The van der Waals surface area contributed by atoms with Crippen LogP contribution in [0.25, 0.3) is 10.8 Å². The Hall–Kier alpha value is -2.54. The molecule has 0 fully saturated rings. The lowest BCUT2D eigenvalue weighted by molar-refractivity contribution is 0.0711. The largest absolute Gasteiger partial charge is 0.398 e. The monoisotopic (exact) mass is 281 g/mol. The topological polar surface area (TPSA) is 70.1 Å². The summed E-state index contributed by atoms with van der Waals surface area (Å²) in [7, 11) is 0. The number of amides is 1. The van der Waals surface area contributed by atoms with Gasteiger partial charge >= 0.3 is 0 Å². The second-order valence-corrected chi connectivity index (χ2v) is 5.29. The van der Waals surface area contributed by atoms with Crippen LogP contribution >= 0.6 is 0 Å². The van der Waals surface area contributed by atoms with Crippen molar-refractivity contribution in [3.8, 4) is 6.07 Å². The molecule has 0 aliphatic heterocycles. The van der Waals surface area contributed by atoms with Gasteiger partial charge in [0, 0.05) is 18.3 Å². The van der Waals surface area contributed by atoms with Crippen LogP contribution in [-0.2, 0) is 0 Å². The lowest BCUT2D eigenvalue weighted by Gasteiger charge is -2.26. The number of nitrogen functional groups attached to an aromatic ring is 1. The molecule has 4 heteroatoms. The van der Waals surface area contributed by atoms with Gasteiger partial charge in [-0.25, -0.2) is 0 Å². The second kappa shape index (κ2) is 6.27. The number of hydrogen-bond acceptors (Lipinski definition) is 3. The van der Waals surface area contributed by atoms with Crippen molar-refractivity contribution in [2.24, 2.45) is 0 Å². The van der Waals surface area contributed by atoms with Gasteiger partial charge < -0.3 is 10.6 Å². The van der Waals surface area contributed by atoms with Crippen LogP contribution in [0.2, 0.25) is 0 Å². The first-order valence-corrected chi connectivity index (χ1v) is 7.00. The molecule has 0 bridgehead atoms. The van der Waals surface area contributed by atoms with Crippen molar-refractivity contribution in [2.45, 2.75) is 26.3 Å². The first-order chi connectivity index (χ1) is 10.0. The van der Waals surface area contributed by atoms with Crippen LogP contribution in [0.1, 0.15) is 30.6 Å². The number of nitrogens with two attached hydrogens (primary N) is 1. The molecule has 0 saturated heterocycles. The van der Waals surface area contributed by atoms with Gasteiger partial charge in [0.1, 0.15) is 0 Å². The van der Waals surface area contributed by atoms with E-state index in [4.69, 9.17) is 11.0 Å². The van der Waals surface area contributed by atoms with Crippen LogP contribution in [0.4, 0.5) is 5.69 Å². The molecule has 2 aromatic rings. The summed E-state index contributed by atoms with van der Waals surface area (Å²) in [6.45, 7) is 4.29. The van der Waals surface area contributed by atoms with E-state index in [-0.39, 0.29) is 11.9 Å². The molecular weight excluding hydrogens is 262 g/mol. The summed E-state index contributed by atoms with van der Waals surface area (Å²) in [5.74, 6) is -0.122. The fourth-order valence-corrected chi connectivity index (χ4v) is 2.36. The molecule has 21 heavy (non-hydrogen) atoms. The minimum Gasteiger partial charge on any atom is -0.398 e. The van der Waals surface area contributed by atoms with Crippen molar-refractivity contribution in [3.63, 3.8) is 0 Å². The number of benzene rings is 2. The molecule has 2 aromatic carbocycles. The van der Waals surface area contributed by atoms with Crippen molar-refractivity contribution in [1.29, 1.82) is 5.26 Å². The predicted molar refractivity (Wildman–Crippen MR) is 84.8 cm³/mol. The molecule has 0 saturated carbocycles. The summed E-state index contributed by atoms with van der Waals surface area (Å²) >= 11 is 0.